The van der Waals surface area contributed by atoms with Crippen molar-refractivity contribution in [3.63, 3.8) is 0 Å². The molecule has 0 unspecified atom stereocenters. The summed E-state index contributed by atoms with van der Waals surface area (Å²) in [7, 11) is 0. The Morgan fingerprint density at radius 1 is 0.875 bits per heavy atom. The predicted molar refractivity (Wildman–Crippen MR) is 95.5 cm³/mol. The maximum atomic E-state index is 12.9. The Balaban J connectivity index is 1.68. The zero-order valence-corrected chi connectivity index (χ0v) is 13.9. The quantitative estimate of drug-likeness (QED) is 0.648. The van der Waals surface area contributed by atoms with Gasteiger partial charge in [-0.1, -0.05) is 35.3 Å². The molecule has 1 aromatic heterocycles. The second-order valence-corrected chi connectivity index (χ2v) is 5.92. The van der Waals surface area contributed by atoms with Crippen molar-refractivity contribution in [3.05, 3.63) is 76.3 Å². The summed E-state index contributed by atoms with van der Waals surface area (Å²) in [4.78, 5) is 8.32. The van der Waals surface area contributed by atoms with Crippen molar-refractivity contribution in [2.24, 2.45) is 0 Å². The molecule has 0 aliphatic carbocycles. The van der Waals surface area contributed by atoms with Crippen molar-refractivity contribution >= 4 is 40.5 Å². The lowest BCUT2D eigenvalue weighted by molar-refractivity contribution is 0.627. The fourth-order valence-corrected chi connectivity index (χ4v) is 2.62. The molecule has 1 heterocycles. The standard InChI is InChI=1S/C17H13Cl2FN4/c18-12-5-13(19)7-15(6-12)24-17-8-16(22-10-23-17)21-9-11-1-3-14(20)4-2-11/h1-8,10H,9H2,(H2,21,22,23,24). The molecule has 3 aromatic rings. The molecule has 0 fully saturated rings. The molecular weight excluding hydrogens is 350 g/mol. The van der Waals surface area contributed by atoms with Crippen LogP contribution in [0, 0.1) is 5.82 Å². The summed E-state index contributed by atoms with van der Waals surface area (Å²) in [5.74, 6) is 0.988. The Morgan fingerprint density at radius 2 is 1.54 bits per heavy atom. The molecule has 24 heavy (non-hydrogen) atoms. The average Bonchev–Trinajstić information content (AvgIpc) is 2.54. The van der Waals surface area contributed by atoms with E-state index in [1.54, 1.807) is 36.4 Å². The first-order chi connectivity index (χ1) is 11.6. The summed E-state index contributed by atoms with van der Waals surface area (Å²) in [5, 5.41) is 7.36. The zero-order chi connectivity index (χ0) is 16.9. The van der Waals surface area contributed by atoms with E-state index in [4.69, 9.17) is 23.2 Å². The maximum Gasteiger partial charge on any atom is 0.135 e. The van der Waals surface area contributed by atoms with Gasteiger partial charge in [-0.2, -0.15) is 0 Å². The summed E-state index contributed by atoms with van der Waals surface area (Å²) < 4.78 is 12.9. The molecule has 2 N–H and O–H groups in total. The number of hydrogen-bond acceptors (Lipinski definition) is 4. The van der Waals surface area contributed by atoms with Crippen LogP contribution in [0.5, 0.6) is 0 Å². The monoisotopic (exact) mass is 362 g/mol. The second-order valence-electron chi connectivity index (χ2n) is 5.05. The molecule has 0 radical (unpaired) electrons. The second kappa shape index (κ2) is 7.47. The molecule has 3 rings (SSSR count). The van der Waals surface area contributed by atoms with Gasteiger partial charge in [0.25, 0.3) is 0 Å². The lowest BCUT2D eigenvalue weighted by atomic mass is 10.2. The van der Waals surface area contributed by atoms with Gasteiger partial charge in [0, 0.05) is 28.3 Å². The van der Waals surface area contributed by atoms with E-state index in [9.17, 15) is 4.39 Å². The highest BCUT2D eigenvalue weighted by molar-refractivity contribution is 6.35. The highest BCUT2D eigenvalue weighted by Crippen LogP contribution is 2.25. The first-order valence-corrected chi connectivity index (χ1v) is 7.87. The third kappa shape index (κ3) is 4.57. The molecule has 0 saturated heterocycles. The van der Waals surface area contributed by atoms with Gasteiger partial charge in [0.15, 0.2) is 0 Å². The van der Waals surface area contributed by atoms with Crippen LogP contribution in [0.25, 0.3) is 0 Å². The van der Waals surface area contributed by atoms with E-state index in [0.717, 1.165) is 11.3 Å². The van der Waals surface area contributed by atoms with Gasteiger partial charge in [0.2, 0.25) is 0 Å². The van der Waals surface area contributed by atoms with Crippen molar-refractivity contribution < 1.29 is 4.39 Å². The van der Waals surface area contributed by atoms with Gasteiger partial charge in [-0.3, -0.25) is 0 Å². The molecule has 0 amide bonds. The normalized spacial score (nSPS) is 10.5. The highest BCUT2D eigenvalue weighted by atomic mass is 35.5. The Bertz CT molecular complexity index is 820. The number of halogens is 3. The van der Waals surface area contributed by atoms with Gasteiger partial charge in [-0.25, -0.2) is 14.4 Å². The maximum absolute atomic E-state index is 12.9. The van der Waals surface area contributed by atoms with Crippen LogP contribution in [0.4, 0.5) is 21.7 Å². The van der Waals surface area contributed by atoms with Gasteiger partial charge in [-0.05, 0) is 35.9 Å². The van der Waals surface area contributed by atoms with Crippen molar-refractivity contribution in [1.82, 2.24) is 9.97 Å². The van der Waals surface area contributed by atoms with E-state index in [1.165, 1.54) is 18.5 Å². The molecule has 0 spiro atoms. The minimum atomic E-state index is -0.257. The van der Waals surface area contributed by atoms with Crippen LogP contribution in [-0.4, -0.2) is 9.97 Å². The van der Waals surface area contributed by atoms with E-state index in [0.29, 0.717) is 28.2 Å². The SMILES string of the molecule is Fc1ccc(CNc2cc(Nc3cc(Cl)cc(Cl)c3)ncn2)cc1. The summed E-state index contributed by atoms with van der Waals surface area (Å²) in [5.41, 5.74) is 1.68. The van der Waals surface area contributed by atoms with Gasteiger partial charge < -0.3 is 10.6 Å². The Labute approximate surface area is 148 Å². The van der Waals surface area contributed by atoms with Crippen LogP contribution in [0.1, 0.15) is 5.56 Å². The summed E-state index contributed by atoms with van der Waals surface area (Å²) in [6.07, 6.45) is 1.45. The van der Waals surface area contributed by atoms with Gasteiger partial charge in [0.1, 0.15) is 23.8 Å². The van der Waals surface area contributed by atoms with Crippen LogP contribution in [0.3, 0.4) is 0 Å². The van der Waals surface area contributed by atoms with E-state index in [-0.39, 0.29) is 5.82 Å². The Kier molecular flexibility index (Phi) is 5.13. The van der Waals surface area contributed by atoms with Gasteiger partial charge >= 0.3 is 0 Å². The fraction of sp³-hybridized carbons (Fsp3) is 0.0588. The van der Waals surface area contributed by atoms with Crippen LogP contribution in [0.15, 0.2) is 54.9 Å². The third-order valence-corrected chi connectivity index (χ3v) is 3.63. The molecule has 122 valence electrons. The van der Waals surface area contributed by atoms with E-state index >= 15 is 0 Å². The number of anilines is 3. The molecule has 0 aliphatic rings. The van der Waals surface area contributed by atoms with Crippen LogP contribution >= 0.6 is 23.2 Å². The number of nitrogens with zero attached hydrogens (tertiary/aromatic N) is 2. The minimum absolute atomic E-state index is 0.257. The van der Waals surface area contributed by atoms with E-state index in [2.05, 4.69) is 20.6 Å². The van der Waals surface area contributed by atoms with E-state index < -0.39 is 0 Å². The molecule has 0 aliphatic heterocycles. The summed E-state index contributed by atoms with van der Waals surface area (Å²) >= 11 is 12.0. The van der Waals surface area contributed by atoms with Crippen molar-refractivity contribution in [2.45, 2.75) is 6.54 Å². The summed E-state index contributed by atoms with van der Waals surface area (Å²) in [6.45, 7) is 0.528. The van der Waals surface area contributed by atoms with Gasteiger partial charge in [0.05, 0.1) is 0 Å². The first-order valence-electron chi connectivity index (χ1n) is 7.12. The smallest absolute Gasteiger partial charge is 0.135 e. The molecule has 7 heteroatoms. The van der Waals surface area contributed by atoms with Crippen molar-refractivity contribution in [1.29, 1.82) is 0 Å². The zero-order valence-electron chi connectivity index (χ0n) is 12.4. The lowest BCUT2D eigenvalue weighted by Crippen LogP contribution is -2.03. The molecule has 0 bridgehead atoms. The van der Waals surface area contributed by atoms with Crippen LogP contribution in [-0.2, 0) is 6.54 Å². The predicted octanol–water partition coefficient (Wildman–Crippen LogP) is 5.28. The fourth-order valence-electron chi connectivity index (χ4n) is 2.09. The van der Waals surface area contributed by atoms with Gasteiger partial charge in [-0.15, -0.1) is 0 Å². The molecular formula is C17H13Cl2FN4. The Hall–Kier alpha value is -2.37. The number of benzene rings is 2. The van der Waals surface area contributed by atoms with Crippen molar-refractivity contribution in [3.8, 4) is 0 Å². The van der Waals surface area contributed by atoms with Crippen LogP contribution < -0.4 is 10.6 Å². The molecule has 0 saturated carbocycles. The molecule has 4 nitrogen and oxygen atoms in total. The van der Waals surface area contributed by atoms with Crippen molar-refractivity contribution in [2.75, 3.05) is 10.6 Å². The third-order valence-electron chi connectivity index (χ3n) is 3.19. The minimum Gasteiger partial charge on any atom is -0.366 e. The average molecular weight is 363 g/mol. The number of hydrogen-bond donors (Lipinski definition) is 2. The molecule has 0 atom stereocenters. The lowest BCUT2D eigenvalue weighted by Gasteiger charge is -2.09. The largest absolute Gasteiger partial charge is 0.366 e. The first kappa shape index (κ1) is 16.5. The van der Waals surface area contributed by atoms with Crippen LogP contribution in [0.2, 0.25) is 10.0 Å². The number of rotatable bonds is 5. The number of nitrogens with one attached hydrogen (secondary N) is 2. The summed E-state index contributed by atoms with van der Waals surface area (Å²) in [6, 6.07) is 13.2. The van der Waals surface area contributed by atoms with E-state index in [1.807, 2.05) is 0 Å². The Morgan fingerprint density at radius 3 is 2.25 bits per heavy atom. The highest BCUT2D eigenvalue weighted by Gasteiger charge is 2.02. The topological polar surface area (TPSA) is 49.8 Å². The molecule has 2 aromatic carbocycles. The number of aromatic nitrogens is 2.